The average molecular weight is 287 g/mol. The number of rotatable bonds is 7. The van der Waals surface area contributed by atoms with E-state index in [-0.39, 0.29) is 18.3 Å². The lowest BCUT2D eigenvalue weighted by atomic mass is 10.1. The van der Waals surface area contributed by atoms with Gasteiger partial charge in [-0.3, -0.25) is 4.79 Å². The summed E-state index contributed by atoms with van der Waals surface area (Å²) in [5.74, 6) is 1.17. The van der Waals surface area contributed by atoms with Crippen LogP contribution in [0.25, 0.3) is 0 Å². The second kappa shape index (κ2) is 9.64. The lowest BCUT2D eigenvalue weighted by molar-refractivity contribution is -0.120. The first kappa shape index (κ1) is 17.7. The van der Waals surface area contributed by atoms with E-state index in [1.165, 1.54) is 0 Å². The molecular weight excluding hydrogens is 264 g/mol. The van der Waals surface area contributed by atoms with Crippen LogP contribution in [-0.4, -0.2) is 25.6 Å². The van der Waals surface area contributed by atoms with E-state index in [1.54, 1.807) is 0 Å². The van der Waals surface area contributed by atoms with Gasteiger partial charge in [-0.1, -0.05) is 19.1 Å². The van der Waals surface area contributed by atoms with E-state index in [2.05, 4.69) is 5.32 Å². The fourth-order valence-corrected chi connectivity index (χ4v) is 1.49. The van der Waals surface area contributed by atoms with E-state index < -0.39 is 0 Å². The zero-order chi connectivity index (χ0) is 13.4. The van der Waals surface area contributed by atoms with Crippen molar-refractivity contribution in [2.45, 2.75) is 20.3 Å². The second-order valence-corrected chi connectivity index (χ2v) is 4.40. The van der Waals surface area contributed by atoms with Crippen LogP contribution in [0.2, 0.25) is 0 Å². The molecule has 0 heterocycles. The van der Waals surface area contributed by atoms with Crippen molar-refractivity contribution in [1.82, 2.24) is 5.32 Å². The third-order valence-electron chi connectivity index (χ3n) is 2.65. The van der Waals surface area contributed by atoms with E-state index in [4.69, 9.17) is 10.5 Å². The van der Waals surface area contributed by atoms with Crippen LogP contribution in [-0.2, 0) is 11.2 Å². The Balaban J connectivity index is 0.00000324. The number of carbonyl (C=O) groups is 1. The monoisotopic (exact) mass is 286 g/mol. The molecule has 4 nitrogen and oxygen atoms in total. The molecular formula is C14H23ClN2O2. The number of amides is 1. The topological polar surface area (TPSA) is 64.3 Å². The Labute approximate surface area is 121 Å². The number of hydrogen-bond acceptors (Lipinski definition) is 3. The molecule has 0 aliphatic heterocycles. The summed E-state index contributed by atoms with van der Waals surface area (Å²) in [6, 6.07) is 7.59. The Morgan fingerprint density at radius 3 is 2.53 bits per heavy atom. The van der Waals surface area contributed by atoms with Gasteiger partial charge in [0.05, 0.1) is 13.0 Å². The number of nitrogens with two attached hydrogens (primary N) is 1. The third-order valence-corrected chi connectivity index (χ3v) is 2.65. The molecule has 3 N–H and O–H groups in total. The summed E-state index contributed by atoms with van der Waals surface area (Å²) >= 11 is 0. The number of halogens is 1. The van der Waals surface area contributed by atoms with Gasteiger partial charge in [0.25, 0.3) is 0 Å². The Kier molecular flexibility index (Phi) is 9.00. The number of carbonyl (C=O) groups excluding carboxylic acids is 1. The number of hydrogen-bond donors (Lipinski definition) is 2. The predicted molar refractivity (Wildman–Crippen MR) is 79.8 cm³/mol. The van der Waals surface area contributed by atoms with Crippen LogP contribution in [0, 0.1) is 5.92 Å². The molecule has 5 heteroatoms. The molecule has 1 aromatic carbocycles. The average Bonchev–Trinajstić information content (AvgIpc) is 2.38. The zero-order valence-corrected chi connectivity index (χ0v) is 12.3. The number of benzene rings is 1. The van der Waals surface area contributed by atoms with E-state index >= 15 is 0 Å². The highest BCUT2D eigenvalue weighted by Gasteiger charge is 2.05. The standard InChI is InChI=1S/C14H22N2O2.ClH/c1-3-18-13-6-4-12(5-7-13)8-14(17)16-10-11(2)9-15;/h4-7,11H,3,8-10,15H2,1-2H3,(H,16,17);1H. The molecule has 0 fully saturated rings. The van der Waals surface area contributed by atoms with Crippen LogP contribution in [0.5, 0.6) is 5.75 Å². The summed E-state index contributed by atoms with van der Waals surface area (Å²) in [4.78, 5) is 11.7. The van der Waals surface area contributed by atoms with Crippen LogP contribution < -0.4 is 15.8 Å². The van der Waals surface area contributed by atoms with Crippen LogP contribution in [0.3, 0.4) is 0 Å². The fraction of sp³-hybridized carbons (Fsp3) is 0.500. The van der Waals surface area contributed by atoms with Crippen molar-refractivity contribution < 1.29 is 9.53 Å². The number of nitrogens with one attached hydrogen (secondary N) is 1. The minimum absolute atomic E-state index is 0. The molecule has 0 bridgehead atoms. The van der Waals surface area contributed by atoms with Gasteiger partial charge in [0.1, 0.15) is 5.75 Å². The van der Waals surface area contributed by atoms with Gasteiger partial charge in [0.15, 0.2) is 0 Å². The Bertz CT molecular complexity index is 368. The first-order valence-electron chi connectivity index (χ1n) is 6.34. The van der Waals surface area contributed by atoms with Crippen molar-refractivity contribution in [3.63, 3.8) is 0 Å². The molecule has 0 aliphatic rings. The normalized spacial score (nSPS) is 11.3. The largest absolute Gasteiger partial charge is 0.494 e. The quantitative estimate of drug-likeness (QED) is 0.803. The summed E-state index contributed by atoms with van der Waals surface area (Å²) in [5, 5.41) is 2.87. The highest BCUT2D eigenvalue weighted by atomic mass is 35.5. The summed E-state index contributed by atoms with van der Waals surface area (Å²) < 4.78 is 5.34. The molecule has 0 aromatic heterocycles. The smallest absolute Gasteiger partial charge is 0.224 e. The maximum atomic E-state index is 11.7. The summed E-state index contributed by atoms with van der Waals surface area (Å²) in [5.41, 5.74) is 6.47. The van der Waals surface area contributed by atoms with Crippen LogP contribution in [0.4, 0.5) is 0 Å². The van der Waals surface area contributed by atoms with Crippen molar-refractivity contribution in [3.8, 4) is 5.75 Å². The van der Waals surface area contributed by atoms with Crippen molar-refractivity contribution >= 4 is 18.3 Å². The van der Waals surface area contributed by atoms with Crippen LogP contribution >= 0.6 is 12.4 Å². The van der Waals surface area contributed by atoms with E-state index in [0.717, 1.165) is 11.3 Å². The van der Waals surface area contributed by atoms with Gasteiger partial charge in [-0.15, -0.1) is 12.4 Å². The highest BCUT2D eigenvalue weighted by Crippen LogP contribution is 2.12. The van der Waals surface area contributed by atoms with Gasteiger partial charge in [0.2, 0.25) is 5.91 Å². The van der Waals surface area contributed by atoms with E-state index in [9.17, 15) is 4.79 Å². The molecule has 1 aromatic rings. The minimum atomic E-state index is 0. The van der Waals surface area contributed by atoms with Crippen molar-refractivity contribution in [2.75, 3.05) is 19.7 Å². The molecule has 0 radical (unpaired) electrons. The predicted octanol–water partition coefficient (Wildman–Crippen LogP) is 1.76. The van der Waals surface area contributed by atoms with E-state index in [0.29, 0.717) is 32.0 Å². The molecule has 0 saturated heterocycles. The molecule has 1 amide bonds. The van der Waals surface area contributed by atoms with Gasteiger partial charge in [0, 0.05) is 6.54 Å². The zero-order valence-electron chi connectivity index (χ0n) is 11.5. The van der Waals surface area contributed by atoms with Gasteiger partial charge < -0.3 is 15.8 Å². The fourth-order valence-electron chi connectivity index (χ4n) is 1.49. The maximum Gasteiger partial charge on any atom is 0.224 e. The van der Waals surface area contributed by atoms with Crippen molar-refractivity contribution in [2.24, 2.45) is 11.7 Å². The minimum Gasteiger partial charge on any atom is -0.494 e. The van der Waals surface area contributed by atoms with Crippen molar-refractivity contribution in [3.05, 3.63) is 29.8 Å². The molecule has 1 rings (SSSR count). The van der Waals surface area contributed by atoms with Gasteiger partial charge in [-0.2, -0.15) is 0 Å². The Morgan fingerprint density at radius 2 is 2.00 bits per heavy atom. The first-order valence-corrected chi connectivity index (χ1v) is 6.34. The second-order valence-electron chi connectivity index (χ2n) is 4.40. The summed E-state index contributed by atoms with van der Waals surface area (Å²) in [6.45, 7) is 5.82. The summed E-state index contributed by atoms with van der Waals surface area (Å²) in [6.07, 6.45) is 0.393. The van der Waals surface area contributed by atoms with Gasteiger partial charge in [-0.05, 0) is 37.1 Å². The molecule has 1 unspecified atom stereocenters. The molecule has 0 saturated carbocycles. The van der Waals surface area contributed by atoms with Crippen molar-refractivity contribution in [1.29, 1.82) is 0 Å². The maximum absolute atomic E-state index is 11.7. The third kappa shape index (κ3) is 7.03. The van der Waals surface area contributed by atoms with Gasteiger partial charge in [-0.25, -0.2) is 0 Å². The van der Waals surface area contributed by atoms with E-state index in [1.807, 2.05) is 38.1 Å². The molecule has 108 valence electrons. The first-order chi connectivity index (χ1) is 8.65. The molecule has 0 spiro atoms. The molecule has 1 atom stereocenters. The Hall–Kier alpha value is -1.26. The highest BCUT2D eigenvalue weighted by molar-refractivity contribution is 5.85. The number of ether oxygens (including phenoxy) is 1. The Morgan fingerprint density at radius 1 is 1.37 bits per heavy atom. The SMILES string of the molecule is CCOc1ccc(CC(=O)NCC(C)CN)cc1.Cl. The van der Waals surface area contributed by atoms with Gasteiger partial charge >= 0.3 is 0 Å². The van der Waals surface area contributed by atoms with Crippen LogP contribution in [0.15, 0.2) is 24.3 Å². The molecule has 0 aliphatic carbocycles. The lowest BCUT2D eigenvalue weighted by Crippen LogP contribution is -2.32. The summed E-state index contributed by atoms with van der Waals surface area (Å²) in [7, 11) is 0. The lowest BCUT2D eigenvalue weighted by Gasteiger charge is -2.10. The molecule has 19 heavy (non-hydrogen) atoms. The van der Waals surface area contributed by atoms with Crippen LogP contribution in [0.1, 0.15) is 19.4 Å².